The van der Waals surface area contributed by atoms with Crippen LogP contribution in [0, 0.1) is 17.1 Å². The van der Waals surface area contributed by atoms with Crippen molar-refractivity contribution >= 4 is 5.91 Å². The molecule has 1 amide bonds. The molecule has 8 heteroatoms. The second-order valence-electron chi connectivity index (χ2n) is 5.42. The molecule has 1 saturated heterocycles. The standard InChI is InChI=1S/C15H15F4N3O/c16-11-3-1-10(2-4-11)12-5-7-22(8-6-20)9-13(12)21-14(23)15(17,18)19/h1-4,12-13H,5,7-9H2,(H,21,23). The minimum absolute atomic E-state index is 0.0779. The molecule has 2 atom stereocenters. The summed E-state index contributed by atoms with van der Waals surface area (Å²) in [4.78, 5) is 12.9. The SMILES string of the molecule is N#CCN1CCC(c2ccc(F)cc2)C(NC(=O)C(F)(F)F)C1. The molecule has 4 nitrogen and oxygen atoms in total. The first-order valence-corrected chi connectivity index (χ1v) is 7.03. The lowest BCUT2D eigenvalue weighted by molar-refractivity contribution is -0.174. The molecule has 0 radical (unpaired) electrons. The molecule has 2 unspecified atom stereocenters. The monoisotopic (exact) mass is 329 g/mol. The van der Waals surface area contributed by atoms with Gasteiger partial charge in [0, 0.05) is 18.5 Å². The van der Waals surface area contributed by atoms with E-state index in [0.717, 1.165) is 0 Å². The molecule has 1 N–H and O–H groups in total. The maximum Gasteiger partial charge on any atom is 0.471 e. The molecule has 0 spiro atoms. The van der Waals surface area contributed by atoms with E-state index in [1.165, 1.54) is 24.3 Å². The van der Waals surface area contributed by atoms with Crippen molar-refractivity contribution < 1.29 is 22.4 Å². The molecule has 0 aliphatic carbocycles. The summed E-state index contributed by atoms with van der Waals surface area (Å²) >= 11 is 0. The molecule has 1 fully saturated rings. The fraction of sp³-hybridized carbons (Fsp3) is 0.467. The van der Waals surface area contributed by atoms with Gasteiger partial charge >= 0.3 is 12.1 Å². The van der Waals surface area contributed by atoms with Gasteiger partial charge in [-0.25, -0.2) is 4.39 Å². The van der Waals surface area contributed by atoms with E-state index < -0.39 is 23.9 Å². The van der Waals surface area contributed by atoms with Crippen molar-refractivity contribution in [2.75, 3.05) is 19.6 Å². The number of rotatable bonds is 3. The van der Waals surface area contributed by atoms with E-state index >= 15 is 0 Å². The Hall–Kier alpha value is -2.14. The molecule has 124 valence electrons. The number of carbonyl (C=O) groups excluding carboxylic acids is 1. The van der Waals surface area contributed by atoms with Gasteiger partial charge in [-0.05, 0) is 30.7 Å². The summed E-state index contributed by atoms with van der Waals surface area (Å²) in [5.41, 5.74) is 0.662. The zero-order valence-corrected chi connectivity index (χ0v) is 12.1. The summed E-state index contributed by atoms with van der Waals surface area (Å²) in [5.74, 6) is -2.81. The number of nitriles is 1. The normalized spacial score (nSPS) is 22.4. The van der Waals surface area contributed by atoms with Crippen molar-refractivity contribution in [3.8, 4) is 6.07 Å². The molecule has 1 aromatic rings. The van der Waals surface area contributed by atoms with Crippen LogP contribution in [0.25, 0.3) is 0 Å². The maximum absolute atomic E-state index is 13.0. The molecular weight excluding hydrogens is 314 g/mol. The molecule has 23 heavy (non-hydrogen) atoms. The third kappa shape index (κ3) is 4.42. The van der Waals surface area contributed by atoms with Crippen LogP contribution in [0.5, 0.6) is 0 Å². The van der Waals surface area contributed by atoms with E-state index in [0.29, 0.717) is 18.5 Å². The summed E-state index contributed by atoms with van der Waals surface area (Å²) in [6.45, 7) is 0.736. The third-order valence-corrected chi connectivity index (χ3v) is 3.86. The lowest BCUT2D eigenvalue weighted by Gasteiger charge is -2.38. The highest BCUT2D eigenvalue weighted by atomic mass is 19.4. The fourth-order valence-electron chi connectivity index (χ4n) is 2.77. The van der Waals surface area contributed by atoms with Gasteiger partial charge in [0.2, 0.25) is 0 Å². The fourth-order valence-corrected chi connectivity index (χ4v) is 2.77. The molecule has 1 aromatic carbocycles. The topological polar surface area (TPSA) is 56.1 Å². The number of hydrogen-bond donors (Lipinski definition) is 1. The first-order chi connectivity index (χ1) is 10.8. The number of piperidine rings is 1. The summed E-state index contributed by atoms with van der Waals surface area (Å²) in [6, 6.07) is 6.64. The highest BCUT2D eigenvalue weighted by Gasteiger charge is 2.42. The van der Waals surface area contributed by atoms with Crippen LogP contribution in [0.15, 0.2) is 24.3 Å². The number of alkyl halides is 3. The first kappa shape index (κ1) is 17.2. The summed E-state index contributed by atoms with van der Waals surface area (Å²) in [5, 5.41) is 10.7. The molecule has 0 saturated carbocycles. The average molecular weight is 329 g/mol. The van der Waals surface area contributed by atoms with Crippen LogP contribution in [0.3, 0.4) is 0 Å². The molecule has 1 aliphatic rings. The highest BCUT2D eigenvalue weighted by Crippen LogP contribution is 2.29. The Kier molecular flexibility index (Phi) is 5.21. The van der Waals surface area contributed by atoms with Crippen molar-refractivity contribution in [2.24, 2.45) is 0 Å². The zero-order chi connectivity index (χ0) is 17.0. The molecule has 2 rings (SSSR count). The number of benzene rings is 1. The second-order valence-corrected chi connectivity index (χ2v) is 5.42. The number of nitrogens with one attached hydrogen (secondary N) is 1. The van der Waals surface area contributed by atoms with E-state index in [2.05, 4.69) is 0 Å². The summed E-state index contributed by atoms with van der Waals surface area (Å²) in [6.07, 6.45) is -4.50. The van der Waals surface area contributed by atoms with Gasteiger partial charge in [-0.3, -0.25) is 9.69 Å². The lowest BCUT2D eigenvalue weighted by atomic mass is 9.85. The third-order valence-electron chi connectivity index (χ3n) is 3.86. The Labute approximate surface area is 130 Å². The number of hydrogen-bond acceptors (Lipinski definition) is 3. The van der Waals surface area contributed by atoms with Crippen molar-refractivity contribution in [1.29, 1.82) is 5.26 Å². The predicted octanol–water partition coefficient (Wildman–Crippen LogP) is 2.19. The smallest absolute Gasteiger partial charge is 0.344 e. The second kappa shape index (κ2) is 6.96. The van der Waals surface area contributed by atoms with Crippen LogP contribution in [0.1, 0.15) is 17.9 Å². The van der Waals surface area contributed by atoms with Gasteiger partial charge in [0.15, 0.2) is 0 Å². The van der Waals surface area contributed by atoms with Crippen molar-refractivity contribution in [3.63, 3.8) is 0 Å². The van der Waals surface area contributed by atoms with Gasteiger partial charge in [-0.1, -0.05) is 12.1 Å². The number of nitrogens with zero attached hydrogens (tertiary/aromatic N) is 2. The van der Waals surface area contributed by atoms with Gasteiger partial charge in [0.25, 0.3) is 0 Å². The van der Waals surface area contributed by atoms with Crippen LogP contribution >= 0.6 is 0 Å². The van der Waals surface area contributed by atoms with Crippen LogP contribution in [-0.2, 0) is 4.79 Å². The van der Waals surface area contributed by atoms with Crippen molar-refractivity contribution in [1.82, 2.24) is 10.2 Å². The quantitative estimate of drug-likeness (QED) is 0.683. The number of likely N-dealkylation sites (tertiary alicyclic amines) is 1. The molecular formula is C15H15F4N3O. The van der Waals surface area contributed by atoms with Crippen molar-refractivity contribution in [2.45, 2.75) is 24.6 Å². The van der Waals surface area contributed by atoms with Crippen LogP contribution < -0.4 is 5.32 Å². The van der Waals surface area contributed by atoms with Gasteiger partial charge in [-0.15, -0.1) is 0 Å². The van der Waals surface area contributed by atoms with Gasteiger partial charge in [0.1, 0.15) is 5.82 Å². The van der Waals surface area contributed by atoms with Crippen LogP contribution in [0.4, 0.5) is 17.6 Å². The predicted molar refractivity (Wildman–Crippen MR) is 73.8 cm³/mol. The highest BCUT2D eigenvalue weighted by molar-refractivity contribution is 5.82. The van der Waals surface area contributed by atoms with E-state index in [1.807, 2.05) is 11.4 Å². The summed E-state index contributed by atoms with van der Waals surface area (Å²) < 4.78 is 50.5. The maximum atomic E-state index is 13.0. The van der Waals surface area contributed by atoms with Gasteiger partial charge in [0.05, 0.1) is 12.6 Å². The van der Waals surface area contributed by atoms with E-state index in [4.69, 9.17) is 5.26 Å². The van der Waals surface area contributed by atoms with Gasteiger partial charge < -0.3 is 5.32 Å². The van der Waals surface area contributed by atoms with E-state index in [-0.39, 0.29) is 19.0 Å². The average Bonchev–Trinajstić information content (AvgIpc) is 2.48. The van der Waals surface area contributed by atoms with Crippen molar-refractivity contribution in [3.05, 3.63) is 35.6 Å². The summed E-state index contributed by atoms with van der Waals surface area (Å²) in [7, 11) is 0. The molecule has 1 aliphatic heterocycles. The number of halogens is 4. The minimum Gasteiger partial charge on any atom is -0.344 e. The Morgan fingerprint density at radius 3 is 2.57 bits per heavy atom. The molecule has 0 aromatic heterocycles. The minimum atomic E-state index is -4.97. The number of amides is 1. The Morgan fingerprint density at radius 1 is 1.35 bits per heavy atom. The first-order valence-electron chi connectivity index (χ1n) is 7.03. The Balaban J connectivity index is 2.19. The number of carbonyl (C=O) groups is 1. The molecule has 0 bridgehead atoms. The Bertz CT molecular complexity index is 594. The lowest BCUT2D eigenvalue weighted by Crippen LogP contribution is -2.54. The van der Waals surface area contributed by atoms with Crippen LogP contribution in [0.2, 0.25) is 0 Å². The largest absolute Gasteiger partial charge is 0.471 e. The van der Waals surface area contributed by atoms with E-state index in [1.54, 1.807) is 4.90 Å². The Morgan fingerprint density at radius 2 is 2.00 bits per heavy atom. The van der Waals surface area contributed by atoms with E-state index in [9.17, 15) is 22.4 Å². The van der Waals surface area contributed by atoms with Gasteiger partial charge in [-0.2, -0.15) is 18.4 Å². The van der Waals surface area contributed by atoms with Crippen LogP contribution in [-0.4, -0.2) is 42.7 Å². The zero-order valence-electron chi connectivity index (χ0n) is 12.1. The molecule has 1 heterocycles.